The van der Waals surface area contributed by atoms with Crippen molar-refractivity contribution in [3.63, 3.8) is 0 Å². The minimum absolute atomic E-state index is 0.140. The minimum Gasteiger partial charge on any atom is -0.303 e. The van der Waals surface area contributed by atoms with Gasteiger partial charge in [-0.3, -0.25) is 9.89 Å². The quantitative estimate of drug-likeness (QED) is 0.671. The number of carbonyl (C=O) groups excluding carboxylic acids is 1. The monoisotopic (exact) mass is 297 g/mol. The van der Waals surface area contributed by atoms with E-state index in [0.717, 1.165) is 11.3 Å². The van der Waals surface area contributed by atoms with Crippen molar-refractivity contribution in [3.05, 3.63) is 28.2 Å². The molecule has 1 amide bonds. The molecule has 2 rings (SSSR count). The van der Waals surface area contributed by atoms with E-state index in [9.17, 15) is 4.79 Å². The Kier molecular flexibility index (Phi) is 4.06. The zero-order chi connectivity index (χ0) is 14.0. The molecule has 0 unspecified atom stereocenters. The highest BCUT2D eigenvalue weighted by atomic mass is 35.5. The lowest BCUT2D eigenvalue weighted by atomic mass is 10.2. The molecule has 6 nitrogen and oxygen atoms in total. The molecular weight excluding hydrogens is 286 g/mol. The number of aryl methyl sites for hydroxylation is 1. The number of hydrogen-bond acceptors (Lipinski definition) is 5. The van der Waals surface area contributed by atoms with E-state index in [0.29, 0.717) is 11.0 Å². The summed E-state index contributed by atoms with van der Waals surface area (Å²) in [5.74, 6) is 0.0696. The van der Waals surface area contributed by atoms with Crippen molar-refractivity contribution in [1.29, 1.82) is 0 Å². The van der Waals surface area contributed by atoms with Crippen LogP contribution >= 0.6 is 23.4 Å². The van der Waals surface area contributed by atoms with Crippen LogP contribution in [-0.2, 0) is 0 Å². The molecule has 0 spiro atoms. The number of anilines is 1. The van der Waals surface area contributed by atoms with Gasteiger partial charge in [-0.2, -0.15) is 5.10 Å². The highest BCUT2D eigenvalue weighted by molar-refractivity contribution is 7.98. The Morgan fingerprint density at radius 3 is 2.79 bits per heavy atom. The molecule has 0 saturated carbocycles. The van der Waals surface area contributed by atoms with Crippen molar-refractivity contribution in [3.8, 4) is 0 Å². The molecule has 100 valence electrons. The first-order chi connectivity index (χ1) is 9.02. The van der Waals surface area contributed by atoms with Gasteiger partial charge in [-0.25, -0.2) is 9.97 Å². The van der Waals surface area contributed by atoms with Crippen LogP contribution in [0.3, 0.4) is 0 Å². The second kappa shape index (κ2) is 5.58. The topological polar surface area (TPSA) is 83.6 Å². The molecule has 0 aliphatic heterocycles. The maximum absolute atomic E-state index is 12.1. The van der Waals surface area contributed by atoms with E-state index in [1.165, 1.54) is 18.0 Å². The van der Waals surface area contributed by atoms with Crippen molar-refractivity contribution >= 4 is 35.1 Å². The smallest absolute Gasteiger partial charge is 0.277 e. The first-order valence-electron chi connectivity index (χ1n) is 5.42. The number of hydrogen-bond donors (Lipinski definition) is 2. The Balaban J connectivity index is 2.27. The Bertz CT molecular complexity index is 628. The second-order valence-corrected chi connectivity index (χ2v) is 5.01. The number of rotatable bonds is 3. The highest BCUT2D eigenvalue weighted by Crippen LogP contribution is 2.19. The first kappa shape index (κ1) is 13.8. The number of halogens is 1. The number of nitrogens with one attached hydrogen (secondary N) is 2. The van der Waals surface area contributed by atoms with E-state index in [4.69, 9.17) is 11.6 Å². The van der Waals surface area contributed by atoms with Crippen LogP contribution in [0.25, 0.3) is 0 Å². The number of H-pyrrole nitrogens is 1. The summed E-state index contributed by atoms with van der Waals surface area (Å²) in [7, 11) is 0. The largest absolute Gasteiger partial charge is 0.303 e. The Hall–Kier alpha value is -1.60. The molecule has 2 aromatic heterocycles. The molecule has 0 radical (unpaired) electrons. The highest BCUT2D eigenvalue weighted by Gasteiger charge is 2.16. The third-order valence-electron chi connectivity index (χ3n) is 2.60. The number of aromatic amines is 1. The summed E-state index contributed by atoms with van der Waals surface area (Å²) in [6.45, 7) is 3.74. The van der Waals surface area contributed by atoms with Crippen LogP contribution in [0, 0.1) is 13.8 Å². The maximum atomic E-state index is 12.1. The van der Waals surface area contributed by atoms with Gasteiger partial charge in [0, 0.05) is 11.3 Å². The van der Waals surface area contributed by atoms with Crippen LogP contribution in [-0.4, -0.2) is 32.3 Å². The van der Waals surface area contributed by atoms with E-state index >= 15 is 0 Å². The lowest BCUT2D eigenvalue weighted by Gasteiger charge is -2.05. The first-order valence-corrected chi connectivity index (χ1v) is 7.02. The summed E-state index contributed by atoms with van der Waals surface area (Å²) < 4.78 is 0. The third-order valence-corrected chi connectivity index (χ3v) is 3.44. The normalized spacial score (nSPS) is 10.5. The number of carbonyl (C=O) groups is 1. The Morgan fingerprint density at radius 2 is 2.21 bits per heavy atom. The number of aromatic nitrogens is 4. The van der Waals surface area contributed by atoms with Gasteiger partial charge >= 0.3 is 0 Å². The summed E-state index contributed by atoms with van der Waals surface area (Å²) in [6.07, 6.45) is 3.24. The molecule has 19 heavy (non-hydrogen) atoms. The molecule has 2 N–H and O–H groups in total. The van der Waals surface area contributed by atoms with E-state index in [1.807, 2.05) is 20.1 Å². The van der Waals surface area contributed by atoms with Crippen LogP contribution in [0.4, 0.5) is 5.82 Å². The van der Waals surface area contributed by atoms with Gasteiger partial charge in [-0.05, 0) is 20.1 Å². The SMILES string of the molecule is CSc1ncc(Cl)c(C(=O)Nc2n[nH]c(C)c2C)n1. The van der Waals surface area contributed by atoms with Crippen LogP contribution in [0.1, 0.15) is 21.7 Å². The van der Waals surface area contributed by atoms with Gasteiger partial charge in [0.05, 0.1) is 11.2 Å². The van der Waals surface area contributed by atoms with E-state index < -0.39 is 5.91 Å². The van der Waals surface area contributed by atoms with Gasteiger partial charge < -0.3 is 5.32 Å². The fourth-order valence-corrected chi connectivity index (χ4v) is 1.90. The lowest BCUT2D eigenvalue weighted by Crippen LogP contribution is -2.16. The Labute approximate surface area is 119 Å². The van der Waals surface area contributed by atoms with E-state index in [-0.39, 0.29) is 10.7 Å². The number of amides is 1. The molecular formula is C11H12ClN5OS. The van der Waals surface area contributed by atoms with Crippen LogP contribution in [0.2, 0.25) is 5.02 Å². The summed E-state index contributed by atoms with van der Waals surface area (Å²) >= 11 is 7.28. The van der Waals surface area contributed by atoms with E-state index in [1.54, 1.807) is 0 Å². The predicted molar refractivity (Wildman–Crippen MR) is 74.8 cm³/mol. The van der Waals surface area contributed by atoms with Gasteiger partial charge in [0.2, 0.25) is 0 Å². The zero-order valence-electron chi connectivity index (χ0n) is 10.6. The Morgan fingerprint density at radius 1 is 1.47 bits per heavy atom. The van der Waals surface area contributed by atoms with Crippen molar-refractivity contribution in [1.82, 2.24) is 20.2 Å². The van der Waals surface area contributed by atoms with E-state index in [2.05, 4.69) is 25.5 Å². The minimum atomic E-state index is -0.405. The molecule has 0 saturated heterocycles. The average molecular weight is 298 g/mol. The molecule has 0 atom stereocenters. The van der Waals surface area contributed by atoms with Crippen LogP contribution in [0.5, 0.6) is 0 Å². The molecule has 2 aromatic rings. The summed E-state index contributed by atoms with van der Waals surface area (Å²) in [6, 6.07) is 0. The molecule has 0 aliphatic rings. The molecule has 8 heteroatoms. The molecule has 2 heterocycles. The van der Waals surface area contributed by atoms with Crippen molar-refractivity contribution in [2.45, 2.75) is 19.0 Å². The van der Waals surface area contributed by atoms with Gasteiger partial charge in [-0.15, -0.1) is 0 Å². The number of nitrogens with zero attached hydrogens (tertiary/aromatic N) is 3. The van der Waals surface area contributed by atoms with Crippen molar-refractivity contribution < 1.29 is 4.79 Å². The lowest BCUT2D eigenvalue weighted by molar-refractivity contribution is 0.102. The summed E-state index contributed by atoms with van der Waals surface area (Å²) in [5, 5.41) is 10.2. The van der Waals surface area contributed by atoms with Gasteiger partial charge in [-0.1, -0.05) is 23.4 Å². The van der Waals surface area contributed by atoms with Gasteiger partial charge in [0.25, 0.3) is 5.91 Å². The van der Waals surface area contributed by atoms with Crippen LogP contribution < -0.4 is 5.32 Å². The fourth-order valence-electron chi connectivity index (χ4n) is 1.38. The van der Waals surface area contributed by atoms with Gasteiger partial charge in [0.1, 0.15) is 0 Å². The molecule has 0 bridgehead atoms. The maximum Gasteiger partial charge on any atom is 0.277 e. The van der Waals surface area contributed by atoms with Crippen molar-refractivity contribution in [2.75, 3.05) is 11.6 Å². The average Bonchev–Trinajstić information content (AvgIpc) is 2.71. The molecule has 0 aliphatic carbocycles. The summed E-state index contributed by atoms with van der Waals surface area (Å²) in [4.78, 5) is 20.2. The zero-order valence-corrected chi connectivity index (χ0v) is 12.2. The second-order valence-electron chi connectivity index (χ2n) is 3.83. The van der Waals surface area contributed by atoms with Gasteiger partial charge in [0.15, 0.2) is 16.7 Å². The third kappa shape index (κ3) is 2.87. The van der Waals surface area contributed by atoms with Crippen molar-refractivity contribution in [2.24, 2.45) is 0 Å². The molecule has 0 aromatic carbocycles. The number of thioether (sulfide) groups is 1. The fraction of sp³-hybridized carbons (Fsp3) is 0.273. The standard InChI is InChI=1S/C11H12ClN5OS/c1-5-6(2)16-17-9(5)15-10(18)8-7(12)4-13-11(14-8)19-3/h4H,1-3H3,(H2,15,16,17,18). The molecule has 0 fully saturated rings. The predicted octanol–water partition coefficient (Wildman–Crippen LogP) is 2.44. The summed E-state index contributed by atoms with van der Waals surface area (Å²) in [5.41, 5.74) is 1.92. The van der Waals surface area contributed by atoms with Crippen LogP contribution in [0.15, 0.2) is 11.4 Å².